The third-order valence-corrected chi connectivity index (χ3v) is 2.00. The van der Waals surface area contributed by atoms with Crippen LogP contribution in [0.3, 0.4) is 0 Å². The van der Waals surface area contributed by atoms with Crippen molar-refractivity contribution in [3.05, 3.63) is 54.8 Å². The van der Waals surface area contributed by atoms with Gasteiger partial charge in [-0.15, -0.1) is 0 Å². The average Bonchev–Trinajstić information content (AvgIpc) is 2.46. The number of alkyl halides is 1. The van der Waals surface area contributed by atoms with E-state index in [1.54, 1.807) is 18.4 Å². The van der Waals surface area contributed by atoms with Gasteiger partial charge < -0.3 is 5.32 Å². The summed E-state index contributed by atoms with van der Waals surface area (Å²) >= 11 is 0. The number of nitrogens with zero attached hydrogens (tertiary/aromatic N) is 1. The van der Waals surface area contributed by atoms with Gasteiger partial charge in [-0.05, 0) is 24.3 Å². The molecule has 0 saturated carbocycles. The van der Waals surface area contributed by atoms with Crippen LogP contribution in [0, 0.1) is 0 Å². The van der Waals surface area contributed by atoms with E-state index < -0.39 is 6.17 Å². The van der Waals surface area contributed by atoms with E-state index in [1.807, 2.05) is 30.3 Å². The van der Waals surface area contributed by atoms with E-state index in [0.717, 1.165) is 5.69 Å². The summed E-state index contributed by atoms with van der Waals surface area (Å²) in [7, 11) is 0. The zero-order valence-corrected chi connectivity index (χ0v) is 8.10. The number of nitrogens with one attached hydrogen (secondary N) is 1. The largest absolute Gasteiger partial charge is 0.341 e. The second-order valence-electron chi connectivity index (χ2n) is 3.13. The minimum absolute atomic E-state index is 0.311. The third kappa shape index (κ3) is 2.53. The number of allylic oxidation sites excluding steroid dienone is 2. The van der Waals surface area contributed by atoms with E-state index in [-0.39, 0.29) is 0 Å². The minimum Gasteiger partial charge on any atom is -0.341 e. The molecule has 76 valence electrons. The van der Waals surface area contributed by atoms with Crippen LogP contribution in [0.5, 0.6) is 0 Å². The van der Waals surface area contributed by atoms with Gasteiger partial charge in [0.15, 0.2) is 6.17 Å². The Morgan fingerprint density at radius 3 is 2.73 bits per heavy atom. The molecular formula is C12H11FN2. The number of anilines is 1. The lowest BCUT2D eigenvalue weighted by Crippen LogP contribution is -2.22. The molecule has 0 fully saturated rings. The number of amidine groups is 1. The second kappa shape index (κ2) is 4.55. The minimum atomic E-state index is -1.18. The lowest BCUT2D eigenvalue weighted by atomic mass is 10.3. The molecule has 0 bridgehead atoms. The van der Waals surface area contributed by atoms with Crippen molar-refractivity contribution >= 4 is 11.5 Å². The molecule has 1 N–H and O–H groups in total. The smallest absolute Gasteiger partial charge is 0.176 e. The molecule has 0 aromatic heterocycles. The summed E-state index contributed by atoms with van der Waals surface area (Å²) in [5, 5.41) is 2.94. The summed E-state index contributed by atoms with van der Waals surface area (Å²) in [6.45, 7) is 0. The van der Waals surface area contributed by atoms with Crippen LogP contribution in [0.4, 0.5) is 10.1 Å². The molecule has 1 aromatic carbocycles. The monoisotopic (exact) mass is 202 g/mol. The SMILES string of the molecule is FC1C=CC=CN=C1Nc1ccccc1. The molecule has 1 atom stereocenters. The fraction of sp³-hybridized carbons (Fsp3) is 0.0833. The van der Waals surface area contributed by atoms with Gasteiger partial charge in [-0.1, -0.05) is 24.3 Å². The van der Waals surface area contributed by atoms with Crippen molar-refractivity contribution in [2.24, 2.45) is 4.99 Å². The number of hydrogen-bond acceptors (Lipinski definition) is 2. The highest BCUT2D eigenvalue weighted by Gasteiger charge is 2.11. The molecule has 0 amide bonds. The van der Waals surface area contributed by atoms with Crippen LogP contribution < -0.4 is 5.32 Å². The van der Waals surface area contributed by atoms with Gasteiger partial charge in [0.25, 0.3) is 0 Å². The van der Waals surface area contributed by atoms with Crippen LogP contribution in [0.25, 0.3) is 0 Å². The highest BCUT2D eigenvalue weighted by atomic mass is 19.1. The molecular weight excluding hydrogens is 191 g/mol. The van der Waals surface area contributed by atoms with Crippen LogP contribution in [0.15, 0.2) is 59.8 Å². The number of benzene rings is 1. The maximum atomic E-state index is 13.5. The van der Waals surface area contributed by atoms with Gasteiger partial charge in [-0.3, -0.25) is 0 Å². The van der Waals surface area contributed by atoms with Crippen LogP contribution in [0.1, 0.15) is 0 Å². The van der Waals surface area contributed by atoms with Gasteiger partial charge >= 0.3 is 0 Å². The quantitative estimate of drug-likeness (QED) is 0.744. The molecule has 0 spiro atoms. The molecule has 15 heavy (non-hydrogen) atoms. The summed E-state index contributed by atoms with van der Waals surface area (Å²) in [5.74, 6) is 0.311. The van der Waals surface area contributed by atoms with Gasteiger partial charge in [0, 0.05) is 11.9 Å². The maximum absolute atomic E-state index is 13.5. The molecule has 2 nitrogen and oxygen atoms in total. The summed E-state index contributed by atoms with van der Waals surface area (Å²) in [6.07, 6.45) is 5.19. The Balaban J connectivity index is 2.15. The van der Waals surface area contributed by atoms with E-state index in [9.17, 15) is 4.39 Å². The van der Waals surface area contributed by atoms with Crippen LogP contribution in [-0.4, -0.2) is 12.0 Å². The van der Waals surface area contributed by atoms with Crippen molar-refractivity contribution in [3.63, 3.8) is 0 Å². The van der Waals surface area contributed by atoms with Gasteiger partial charge in [0.05, 0.1) is 0 Å². The lowest BCUT2D eigenvalue weighted by Gasteiger charge is -2.09. The van der Waals surface area contributed by atoms with Crippen LogP contribution in [-0.2, 0) is 0 Å². The number of hydrogen-bond donors (Lipinski definition) is 1. The van der Waals surface area contributed by atoms with E-state index >= 15 is 0 Å². The average molecular weight is 202 g/mol. The molecule has 3 heteroatoms. The Hall–Kier alpha value is -1.90. The molecule has 0 aliphatic carbocycles. The Bertz CT molecular complexity index is 407. The Labute approximate surface area is 87.8 Å². The zero-order valence-electron chi connectivity index (χ0n) is 8.10. The number of aliphatic imine (C=N–C) groups is 1. The fourth-order valence-corrected chi connectivity index (χ4v) is 1.27. The lowest BCUT2D eigenvalue weighted by molar-refractivity contribution is 0.492. The summed E-state index contributed by atoms with van der Waals surface area (Å²) in [5.41, 5.74) is 0.836. The Morgan fingerprint density at radius 2 is 1.93 bits per heavy atom. The normalized spacial score (nSPS) is 19.5. The summed E-state index contributed by atoms with van der Waals surface area (Å²) in [4.78, 5) is 3.99. The number of rotatable bonds is 1. The molecule has 1 aliphatic rings. The number of para-hydroxylation sites is 1. The highest BCUT2D eigenvalue weighted by molar-refractivity contribution is 6.00. The molecule has 1 aliphatic heterocycles. The third-order valence-electron chi connectivity index (χ3n) is 2.00. The summed E-state index contributed by atoms with van der Waals surface area (Å²) < 4.78 is 13.5. The first kappa shape index (κ1) is 9.65. The molecule has 2 rings (SSSR count). The van der Waals surface area contributed by atoms with Crippen molar-refractivity contribution in [1.82, 2.24) is 0 Å². The predicted molar refractivity (Wildman–Crippen MR) is 60.7 cm³/mol. The van der Waals surface area contributed by atoms with E-state index in [4.69, 9.17) is 0 Å². The fourth-order valence-electron chi connectivity index (χ4n) is 1.27. The summed E-state index contributed by atoms with van der Waals surface area (Å²) in [6, 6.07) is 9.42. The van der Waals surface area contributed by atoms with E-state index in [0.29, 0.717) is 5.84 Å². The first-order valence-electron chi connectivity index (χ1n) is 4.73. The maximum Gasteiger partial charge on any atom is 0.176 e. The standard InChI is InChI=1S/C12H11FN2/c13-11-8-4-5-9-14-12(11)15-10-6-2-1-3-7-10/h1-9,11H,(H,14,15). The van der Waals surface area contributed by atoms with E-state index in [1.165, 1.54) is 6.08 Å². The second-order valence-corrected chi connectivity index (χ2v) is 3.13. The molecule has 1 unspecified atom stereocenters. The van der Waals surface area contributed by atoms with Crippen molar-refractivity contribution in [1.29, 1.82) is 0 Å². The first-order valence-corrected chi connectivity index (χ1v) is 4.73. The molecule has 1 aromatic rings. The predicted octanol–water partition coefficient (Wildman–Crippen LogP) is 2.92. The topological polar surface area (TPSA) is 24.4 Å². The number of halogens is 1. The first-order chi connectivity index (χ1) is 7.36. The highest BCUT2D eigenvalue weighted by Crippen LogP contribution is 2.09. The van der Waals surface area contributed by atoms with Crippen molar-refractivity contribution in [2.75, 3.05) is 5.32 Å². The zero-order chi connectivity index (χ0) is 10.5. The van der Waals surface area contributed by atoms with Crippen molar-refractivity contribution in [2.45, 2.75) is 6.17 Å². The van der Waals surface area contributed by atoms with Gasteiger partial charge in [-0.2, -0.15) is 0 Å². The van der Waals surface area contributed by atoms with Crippen LogP contribution >= 0.6 is 0 Å². The van der Waals surface area contributed by atoms with Crippen molar-refractivity contribution < 1.29 is 4.39 Å². The van der Waals surface area contributed by atoms with E-state index in [2.05, 4.69) is 10.3 Å². The molecule has 0 radical (unpaired) electrons. The van der Waals surface area contributed by atoms with Gasteiger partial charge in [0.1, 0.15) is 5.84 Å². The van der Waals surface area contributed by atoms with Crippen molar-refractivity contribution in [3.8, 4) is 0 Å². The molecule has 1 heterocycles. The Kier molecular flexibility index (Phi) is 2.93. The van der Waals surface area contributed by atoms with Crippen LogP contribution in [0.2, 0.25) is 0 Å². The molecule has 0 saturated heterocycles. The van der Waals surface area contributed by atoms with Gasteiger partial charge in [0.2, 0.25) is 0 Å². The Morgan fingerprint density at radius 1 is 1.13 bits per heavy atom. The van der Waals surface area contributed by atoms with Gasteiger partial charge in [-0.25, -0.2) is 9.38 Å².